The molecular formula is C12H14O2. The van der Waals surface area contributed by atoms with Gasteiger partial charge in [0.05, 0.1) is 0 Å². The van der Waals surface area contributed by atoms with Gasteiger partial charge in [-0.3, -0.25) is 0 Å². The van der Waals surface area contributed by atoms with Gasteiger partial charge in [-0.1, -0.05) is 55.2 Å². The third-order valence-electron chi connectivity index (χ3n) is 1.25. The first-order valence-electron chi connectivity index (χ1n) is 4.20. The van der Waals surface area contributed by atoms with E-state index in [0.29, 0.717) is 0 Å². The fourth-order valence-electron chi connectivity index (χ4n) is 0.222. The van der Waals surface area contributed by atoms with Gasteiger partial charge >= 0.3 is 5.97 Å². The zero-order valence-electron chi connectivity index (χ0n) is 8.18. The molecule has 0 radical (unpaired) electrons. The lowest BCUT2D eigenvalue weighted by Crippen LogP contribution is -1.92. The fourth-order valence-corrected chi connectivity index (χ4v) is 0.222. The third kappa shape index (κ3) is 8.27. The summed E-state index contributed by atoms with van der Waals surface area (Å²) in [7, 11) is 0. The second kappa shape index (κ2) is 7.80. The molecule has 2 aliphatic carbocycles. The minimum absolute atomic E-state index is 0.176. The Kier molecular flexibility index (Phi) is 6.78. The Balaban J connectivity index is 0.000000185. The molecule has 0 aliphatic heterocycles. The SMILES string of the molecule is C1=CC=C1.C1=CC=C1.C=C(C)C(=O)O. The molecule has 0 saturated carbocycles. The Morgan fingerprint density at radius 1 is 0.929 bits per heavy atom. The van der Waals surface area contributed by atoms with Crippen LogP contribution >= 0.6 is 0 Å². The maximum atomic E-state index is 9.60. The van der Waals surface area contributed by atoms with E-state index in [1.54, 1.807) is 0 Å². The number of rotatable bonds is 1. The average molecular weight is 190 g/mol. The highest BCUT2D eigenvalue weighted by molar-refractivity contribution is 5.84. The van der Waals surface area contributed by atoms with E-state index in [4.69, 9.17) is 5.11 Å². The first-order chi connectivity index (χ1) is 6.64. The van der Waals surface area contributed by atoms with Crippen LogP contribution in [0.4, 0.5) is 0 Å². The highest BCUT2D eigenvalue weighted by atomic mass is 16.4. The van der Waals surface area contributed by atoms with Gasteiger partial charge in [0.15, 0.2) is 0 Å². The summed E-state index contributed by atoms with van der Waals surface area (Å²) in [6, 6.07) is 0. The molecule has 1 N–H and O–H groups in total. The predicted octanol–water partition coefficient (Wildman–Crippen LogP) is 2.87. The van der Waals surface area contributed by atoms with Gasteiger partial charge < -0.3 is 5.11 Å². The number of hydrogen-bond acceptors (Lipinski definition) is 1. The zero-order chi connectivity index (χ0) is 10.8. The van der Waals surface area contributed by atoms with E-state index in [2.05, 4.69) is 6.58 Å². The van der Waals surface area contributed by atoms with Crippen LogP contribution in [0.15, 0.2) is 60.8 Å². The van der Waals surface area contributed by atoms with Crippen molar-refractivity contribution in [1.29, 1.82) is 0 Å². The van der Waals surface area contributed by atoms with Crippen molar-refractivity contribution in [2.24, 2.45) is 0 Å². The van der Waals surface area contributed by atoms with Crippen LogP contribution in [0.3, 0.4) is 0 Å². The molecule has 0 atom stereocenters. The second-order valence-electron chi connectivity index (χ2n) is 2.63. The molecule has 0 aromatic rings. The third-order valence-corrected chi connectivity index (χ3v) is 1.25. The molecular weight excluding hydrogens is 176 g/mol. The minimum atomic E-state index is -0.935. The standard InChI is InChI=1S/C4H6O2.2C4H4/c1-3(2)4(5)6;2*1-2-4-3-1/h1H2,2H3,(H,5,6);2*1-4H. The van der Waals surface area contributed by atoms with Crippen LogP contribution in [-0.4, -0.2) is 11.1 Å². The Bertz CT molecular complexity index is 236. The molecule has 14 heavy (non-hydrogen) atoms. The number of allylic oxidation sites excluding steroid dienone is 8. The van der Waals surface area contributed by atoms with Crippen molar-refractivity contribution < 1.29 is 9.90 Å². The molecule has 2 nitrogen and oxygen atoms in total. The lowest BCUT2D eigenvalue weighted by atomic mass is 10.3. The van der Waals surface area contributed by atoms with Gasteiger partial charge in [0, 0.05) is 5.57 Å². The van der Waals surface area contributed by atoms with E-state index in [-0.39, 0.29) is 5.57 Å². The van der Waals surface area contributed by atoms with Crippen LogP contribution in [0.5, 0.6) is 0 Å². The Labute approximate surface area is 84.3 Å². The molecule has 74 valence electrons. The Morgan fingerprint density at radius 3 is 1.07 bits per heavy atom. The van der Waals surface area contributed by atoms with Crippen molar-refractivity contribution in [2.45, 2.75) is 6.92 Å². The van der Waals surface area contributed by atoms with Crippen molar-refractivity contribution >= 4 is 5.97 Å². The molecule has 0 saturated heterocycles. The molecule has 2 rings (SSSR count). The average Bonchev–Trinajstić information content (AvgIpc) is 1.77. The van der Waals surface area contributed by atoms with Gasteiger partial charge in [-0.15, -0.1) is 0 Å². The molecule has 0 spiro atoms. The summed E-state index contributed by atoms with van der Waals surface area (Å²) >= 11 is 0. The van der Waals surface area contributed by atoms with Crippen molar-refractivity contribution in [1.82, 2.24) is 0 Å². The van der Waals surface area contributed by atoms with Crippen LogP contribution < -0.4 is 0 Å². The summed E-state index contributed by atoms with van der Waals surface area (Å²) in [5.41, 5.74) is 0.176. The molecule has 0 aromatic carbocycles. The topological polar surface area (TPSA) is 37.3 Å². The van der Waals surface area contributed by atoms with Gasteiger partial charge in [0.25, 0.3) is 0 Å². The summed E-state index contributed by atoms with van der Waals surface area (Å²) in [6.45, 7) is 4.60. The van der Waals surface area contributed by atoms with E-state index in [0.717, 1.165) is 0 Å². The van der Waals surface area contributed by atoms with Gasteiger partial charge in [-0.2, -0.15) is 0 Å². The lowest BCUT2D eigenvalue weighted by molar-refractivity contribution is -0.132. The van der Waals surface area contributed by atoms with Crippen LogP contribution in [-0.2, 0) is 4.79 Å². The first kappa shape index (κ1) is 12.2. The lowest BCUT2D eigenvalue weighted by Gasteiger charge is -1.79. The summed E-state index contributed by atoms with van der Waals surface area (Å²) in [4.78, 5) is 9.60. The van der Waals surface area contributed by atoms with Gasteiger partial charge in [0.2, 0.25) is 0 Å². The molecule has 0 unspecified atom stereocenters. The zero-order valence-corrected chi connectivity index (χ0v) is 8.18. The molecule has 2 heteroatoms. The minimum Gasteiger partial charge on any atom is -0.478 e. The Morgan fingerprint density at radius 2 is 1.07 bits per heavy atom. The first-order valence-corrected chi connectivity index (χ1v) is 4.20. The van der Waals surface area contributed by atoms with Crippen molar-refractivity contribution in [3.8, 4) is 0 Å². The van der Waals surface area contributed by atoms with E-state index < -0.39 is 5.97 Å². The quantitative estimate of drug-likeness (QED) is 0.645. The highest BCUT2D eigenvalue weighted by Crippen LogP contribution is 1.87. The molecule has 0 fully saturated rings. The molecule has 0 bridgehead atoms. The predicted molar refractivity (Wildman–Crippen MR) is 59.0 cm³/mol. The summed E-state index contributed by atoms with van der Waals surface area (Å²) in [5, 5.41) is 7.89. The van der Waals surface area contributed by atoms with Crippen LogP contribution in [0.25, 0.3) is 0 Å². The van der Waals surface area contributed by atoms with E-state index in [9.17, 15) is 4.79 Å². The van der Waals surface area contributed by atoms with Gasteiger partial charge in [0.1, 0.15) is 0 Å². The number of aliphatic carboxylic acids is 1. The number of carboxylic acids is 1. The maximum Gasteiger partial charge on any atom is 0.330 e. The maximum absolute atomic E-state index is 9.60. The smallest absolute Gasteiger partial charge is 0.330 e. The molecule has 0 aromatic heterocycles. The summed E-state index contributed by atoms with van der Waals surface area (Å²) in [6.07, 6.45) is 16.0. The summed E-state index contributed by atoms with van der Waals surface area (Å²) < 4.78 is 0. The van der Waals surface area contributed by atoms with Crippen LogP contribution in [0.2, 0.25) is 0 Å². The second-order valence-corrected chi connectivity index (χ2v) is 2.63. The van der Waals surface area contributed by atoms with E-state index in [1.807, 2.05) is 48.6 Å². The Hall–Kier alpha value is -1.83. The number of carbonyl (C=O) groups is 1. The van der Waals surface area contributed by atoms with Crippen LogP contribution in [0, 0.1) is 0 Å². The van der Waals surface area contributed by atoms with Gasteiger partial charge in [-0.05, 0) is 6.92 Å². The van der Waals surface area contributed by atoms with Crippen LogP contribution in [0.1, 0.15) is 6.92 Å². The monoisotopic (exact) mass is 190 g/mol. The van der Waals surface area contributed by atoms with Crippen molar-refractivity contribution in [3.63, 3.8) is 0 Å². The van der Waals surface area contributed by atoms with Gasteiger partial charge in [-0.25, -0.2) is 4.79 Å². The molecule has 0 amide bonds. The normalized spacial score (nSPS) is 12.4. The summed E-state index contributed by atoms with van der Waals surface area (Å²) in [5.74, 6) is -0.935. The molecule has 2 aliphatic rings. The fraction of sp³-hybridized carbons (Fsp3) is 0.0833. The number of carboxylic acid groups (broad SMARTS) is 1. The van der Waals surface area contributed by atoms with E-state index in [1.165, 1.54) is 6.92 Å². The largest absolute Gasteiger partial charge is 0.478 e. The van der Waals surface area contributed by atoms with Crippen molar-refractivity contribution in [3.05, 3.63) is 60.8 Å². The number of hydrogen-bond donors (Lipinski definition) is 1. The highest BCUT2D eigenvalue weighted by Gasteiger charge is 1.90. The van der Waals surface area contributed by atoms with E-state index >= 15 is 0 Å². The van der Waals surface area contributed by atoms with Crippen molar-refractivity contribution in [2.75, 3.05) is 0 Å². The molecule has 0 heterocycles.